The Bertz CT molecular complexity index is 1520. The van der Waals surface area contributed by atoms with E-state index in [1.54, 1.807) is 37.5 Å². The quantitative estimate of drug-likeness (QED) is 0.418. The van der Waals surface area contributed by atoms with Crippen molar-refractivity contribution in [3.8, 4) is 0 Å². The molecular weight excluding hydrogens is 430 g/mol. The summed E-state index contributed by atoms with van der Waals surface area (Å²) >= 11 is 0. The van der Waals surface area contributed by atoms with Gasteiger partial charge in [-0.05, 0) is 29.8 Å². The van der Waals surface area contributed by atoms with E-state index in [9.17, 15) is 23.1 Å². The molecule has 32 heavy (non-hydrogen) atoms. The zero-order chi connectivity index (χ0) is 22.6. The fourth-order valence-corrected chi connectivity index (χ4v) is 5.69. The second-order valence-electron chi connectivity index (χ2n) is 7.75. The van der Waals surface area contributed by atoms with Crippen molar-refractivity contribution in [3.05, 3.63) is 71.9 Å². The maximum absolute atomic E-state index is 13.3. The molecule has 0 fully saturated rings. The maximum Gasteiger partial charge on any atom is 0.322 e. The van der Waals surface area contributed by atoms with Gasteiger partial charge in [-0.3, -0.25) is 9.59 Å². The largest absolute Gasteiger partial charge is 0.480 e. The van der Waals surface area contributed by atoms with Gasteiger partial charge in [-0.2, -0.15) is 4.72 Å². The van der Waals surface area contributed by atoms with Gasteiger partial charge in [0.25, 0.3) is 5.91 Å². The number of nitrogens with zero attached hydrogens (tertiary/aromatic N) is 1. The first-order valence-corrected chi connectivity index (χ1v) is 11.4. The molecule has 0 saturated carbocycles. The summed E-state index contributed by atoms with van der Waals surface area (Å²) in [6.45, 7) is 0. The van der Waals surface area contributed by atoms with Crippen molar-refractivity contribution >= 4 is 49.3 Å². The Kier molecular flexibility index (Phi) is 4.54. The molecule has 5 rings (SSSR count). The predicted octanol–water partition coefficient (Wildman–Crippen LogP) is 2.89. The van der Waals surface area contributed by atoms with Gasteiger partial charge < -0.3 is 15.0 Å². The number of nitrogens with one attached hydrogen (secondary N) is 2. The number of sulfonamides is 1. The molecule has 0 radical (unpaired) electrons. The Morgan fingerprint density at radius 2 is 1.84 bits per heavy atom. The molecule has 0 bridgehead atoms. The summed E-state index contributed by atoms with van der Waals surface area (Å²) in [5.74, 6) is -1.49. The standard InChI is InChI=1S/C23H19N3O5S/c1-26-19-9-10-20(15-6-4-7-16(21(15)19)22(26)27)32(30,31)25-18(23(28)29)11-13-12-24-17-8-3-2-5-14(13)17/h2-10,12,18,24-25H,11H2,1H3,(H,28,29). The van der Waals surface area contributed by atoms with Crippen LogP contribution in [-0.2, 0) is 21.2 Å². The van der Waals surface area contributed by atoms with Crippen molar-refractivity contribution in [2.45, 2.75) is 17.4 Å². The van der Waals surface area contributed by atoms with Crippen LogP contribution in [0.3, 0.4) is 0 Å². The Balaban J connectivity index is 1.54. The zero-order valence-corrected chi connectivity index (χ0v) is 17.8. The molecule has 0 spiro atoms. The normalized spacial score (nSPS) is 14.4. The van der Waals surface area contributed by atoms with E-state index in [-0.39, 0.29) is 17.2 Å². The van der Waals surface area contributed by atoms with Crippen LogP contribution in [0.2, 0.25) is 0 Å². The molecule has 1 aliphatic rings. The number of para-hydroxylation sites is 1. The number of H-pyrrole nitrogens is 1. The molecule has 1 aromatic heterocycles. The number of carboxylic acid groups (broad SMARTS) is 1. The molecule has 0 saturated heterocycles. The number of carboxylic acids is 1. The predicted molar refractivity (Wildman–Crippen MR) is 120 cm³/mol. The van der Waals surface area contributed by atoms with Gasteiger partial charge in [0.05, 0.1) is 10.6 Å². The Morgan fingerprint density at radius 1 is 1.09 bits per heavy atom. The lowest BCUT2D eigenvalue weighted by Crippen LogP contribution is -2.42. The lowest BCUT2D eigenvalue weighted by Gasteiger charge is -2.16. The van der Waals surface area contributed by atoms with Gasteiger partial charge >= 0.3 is 5.97 Å². The molecule has 1 unspecified atom stereocenters. The van der Waals surface area contributed by atoms with Crippen LogP contribution in [0.15, 0.2) is 65.7 Å². The molecule has 8 nitrogen and oxygen atoms in total. The number of carbonyl (C=O) groups excluding carboxylic acids is 1. The van der Waals surface area contributed by atoms with E-state index in [1.165, 1.54) is 11.0 Å². The van der Waals surface area contributed by atoms with E-state index in [0.29, 0.717) is 27.6 Å². The molecule has 162 valence electrons. The number of aromatic amines is 1. The van der Waals surface area contributed by atoms with E-state index < -0.39 is 22.0 Å². The van der Waals surface area contributed by atoms with Crippen LogP contribution in [0.25, 0.3) is 21.7 Å². The third-order valence-corrected chi connectivity index (χ3v) is 7.39. The van der Waals surface area contributed by atoms with Crippen molar-refractivity contribution in [3.63, 3.8) is 0 Å². The van der Waals surface area contributed by atoms with E-state index >= 15 is 0 Å². The molecule has 1 atom stereocenters. The molecule has 3 aromatic carbocycles. The number of hydrogen-bond acceptors (Lipinski definition) is 4. The highest BCUT2D eigenvalue weighted by molar-refractivity contribution is 7.89. The van der Waals surface area contributed by atoms with E-state index in [4.69, 9.17) is 0 Å². The van der Waals surface area contributed by atoms with Crippen molar-refractivity contribution < 1.29 is 23.1 Å². The summed E-state index contributed by atoms with van der Waals surface area (Å²) in [6, 6.07) is 13.9. The lowest BCUT2D eigenvalue weighted by molar-refractivity contribution is -0.138. The van der Waals surface area contributed by atoms with Crippen LogP contribution in [-0.4, -0.2) is 43.5 Å². The van der Waals surface area contributed by atoms with Gasteiger partial charge in [0.2, 0.25) is 10.0 Å². The number of aliphatic carboxylic acids is 1. The number of aromatic nitrogens is 1. The van der Waals surface area contributed by atoms with Crippen LogP contribution in [0.4, 0.5) is 5.69 Å². The van der Waals surface area contributed by atoms with Gasteiger partial charge in [-0.1, -0.05) is 30.3 Å². The Morgan fingerprint density at radius 3 is 2.62 bits per heavy atom. The fourth-order valence-electron chi connectivity index (χ4n) is 4.29. The van der Waals surface area contributed by atoms with Crippen molar-refractivity contribution in [2.24, 2.45) is 0 Å². The van der Waals surface area contributed by atoms with Gasteiger partial charge in [0.1, 0.15) is 6.04 Å². The maximum atomic E-state index is 13.3. The topological polar surface area (TPSA) is 120 Å². The van der Waals surface area contributed by atoms with Gasteiger partial charge in [-0.15, -0.1) is 0 Å². The second kappa shape index (κ2) is 7.18. The third kappa shape index (κ3) is 3.05. The second-order valence-corrected chi connectivity index (χ2v) is 9.43. The Hall–Kier alpha value is -3.69. The number of fused-ring (bicyclic) bond motifs is 1. The first-order valence-electron chi connectivity index (χ1n) is 9.92. The minimum atomic E-state index is -4.20. The summed E-state index contributed by atoms with van der Waals surface area (Å²) in [5.41, 5.74) is 2.58. The van der Waals surface area contributed by atoms with Crippen LogP contribution >= 0.6 is 0 Å². The number of amides is 1. The van der Waals surface area contributed by atoms with Crippen molar-refractivity contribution in [2.75, 3.05) is 11.9 Å². The summed E-state index contributed by atoms with van der Waals surface area (Å²) in [6.07, 6.45) is 1.66. The van der Waals surface area contributed by atoms with Crippen LogP contribution in [0.1, 0.15) is 15.9 Å². The number of benzene rings is 3. The molecule has 9 heteroatoms. The number of hydrogen-bond donors (Lipinski definition) is 3. The van der Waals surface area contributed by atoms with Gasteiger partial charge in [-0.25, -0.2) is 8.42 Å². The lowest BCUT2D eigenvalue weighted by atomic mass is 10.1. The van der Waals surface area contributed by atoms with E-state index in [2.05, 4.69) is 9.71 Å². The molecular formula is C23H19N3O5S. The van der Waals surface area contributed by atoms with Crippen LogP contribution in [0, 0.1) is 0 Å². The summed E-state index contributed by atoms with van der Waals surface area (Å²) < 4.78 is 28.9. The first-order chi connectivity index (χ1) is 15.3. The third-order valence-electron chi connectivity index (χ3n) is 5.86. The smallest absolute Gasteiger partial charge is 0.322 e. The van der Waals surface area contributed by atoms with E-state index in [0.717, 1.165) is 10.9 Å². The summed E-state index contributed by atoms with van der Waals surface area (Å²) in [7, 11) is -2.57. The fraction of sp³-hybridized carbons (Fsp3) is 0.130. The van der Waals surface area contributed by atoms with Crippen molar-refractivity contribution in [1.82, 2.24) is 9.71 Å². The number of carbonyl (C=O) groups is 2. The summed E-state index contributed by atoms with van der Waals surface area (Å²) in [4.78, 5) is 28.9. The zero-order valence-electron chi connectivity index (χ0n) is 17.0. The Labute approximate surface area is 183 Å². The minimum Gasteiger partial charge on any atom is -0.480 e. The highest BCUT2D eigenvalue weighted by Crippen LogP contribution is 2.39. The average molecular weight is 449 g/mol. The van der Waals surface area contributed by atoms with Gasteiger partial charge in [0, 0.05) is 46.9 Å². The molecule has 1 amide bonds. The van der Waals surface area contributed by atoms with Gasteiger partial charge in [0.15, 0.2) is 0 Å². The molecule has 2 heterocycles. The number of anilines is 1. The monoisotopic (exact) mass is 449 g/mol. The first kappa shape index (κ1) is 20.2. The highest BCUT2D eigenvalue weighted by Gasteiger charge is 2.32. The SMILES string of the molecule is CN1C(=O)c2cccc3c(S(=O)(=O)NC(Cc4c[nH]c5ccccc45)C(=O)O)ccc1c23. The van der Waals surface area contributed by atoms with Crippen molar-refractivity contribution in [1.29, 1.82) is 0 Å². The van der Waals surface area contributed by atoms with Crippen LogP contribution < -0.4 is 9.62 Å². The van der Waals surface area contributed by atoms with E-state index in [1.807, 2.05) is 24.3 Å². The summed E-state index contributed by atoms with van der Waals surface area (Å²) in [5, 5.41) is 11.5. The van der Waals surface area contributed by atoms with Crippen LogP contribution in [0.5, 0.6) is 0 Å². The minimum absolute atomic E-state index is 0.0267. The average Bonchev–Trinajstić information content (AvgIpc) is 3.29. The molecule has 1 aliphatic heterocycles. The molecule has 4 aromatic rings. The molecule has 0 aliphatic carbocycles. The number of rotatable bonds is 6. The molecule has 3 N–H and O–H groups in total. The highest BCUT2D eigenvalue weighted by atomic mass is 32.2.